The van der Waals surface area contributed by atoms with Crippen molar-refractivity contribution < 1.29 is 51.4 Å². The highest BCUT2D eigenvalue weighted by Crippen LogP contribution is 2.37. The van der Waals surface area contributed by atoms with Gasteiger partial charge in [0, 0.05) is 74.4 Å². The van der Waals surface area contributed by atoms with Crippen molar-refractivity contribution in [2.24, 2.45) is 11.8 Å². The summed E-state index contributed by atoms with van der Waals surface area (Å²) in [5, 5.41) is 18.7. The summed E-state index contributed by atoms with van der Waals surface area (Å²) < 4.78 is 51.6. The van der Waals surface area contributed by atoms with Crippen LogP contribution in [0.25, 0.3) is 10.9 Å². The molecule has 0 unspecified atom stereocenters. The van der Waals surface area contributed by atoms with Crippen LogP contribution in [0.5, 0.6) is 0 Å². The molecule has 1 aromatic carbocycles. The standard InChI is InChI=1S/C49H66F3N11O8/c1-48(2,3)61-33-12-14-39(63-19-15-37(47(63)69)59-44-34-22-31(49(50,51)52)9-13-36(34)56-28-57-44)38(23-33)60-45(67)29-7-10-32(11-8-29)58-41(65)27-71-20-17-54-40(64)26-70-21-18-55-46(68)35-24-42(66)62(4)43(35)30-6-5-16-53-25-30/h5-6,9,13,16,22,25,28-29,32-33,35,37-39,43,61H,7-8,10-12,14-15,17-21,23-24,26-27H2,1-4H3,(H,54,64)(H,55,68)(H,58,65)(H,60,67)(H,56,57,59)/t29-,32+,33-,35+,37+,38-,39+,43-/m1/s1. The first-order valence-corrected chi connectivity index (χ1v) is 24.5. The largest absolute Gasteiger partial charge is 0.416 e. The fraction of sp³-hybridized carbons (Fsp3) is 0.612. The zero-order chi connectivity index (χ0) is 50.9. The van der Waals surface area contributed by atoms with Gasteiger partial charge in [-0.3, -0.25) is 33.8 Å². The molecular weight excluding hydrogens is 928 g/mol. The minimum Gasteiger partial charge on any atom is -0.370 e. The zero-order valence-corrected chi connectivity index (χ0v) is 40.7. The number of hydrogen-bond acceptors (Lipinski definition) is 13. The van der Waals surface area contributed by atoms with Gasteiger partial charge in [0.15, 0.2) is 0 Å². The van der Waals surface area contributed by atoms with Crippen molar-refractivity contribution in [2.75, 3.05) is 58.4 Å². The quantitative estimate of drug-likeness (QED) is 0.0949. The van der Waals surface area contributed by atoms with Gasteiger partial charge in [-0.05, 0) is 102 Å². The van der Waals surface area contributed by atoms with E-state index >= 15 is 0 Å². The van der Waals surface area contributed by atoms with Gasteiger partial charge in [0.1, 0.15) is 31.4 Å². The highest BCUT2D eigenvalue weighted by Gasteiger charge is 2.45. The van der Waals surface area contributed by atoms with Crippen molar-refractivity contribution in [3.8, 4) is 0 Å². The van der Waals surface area contributed by atoms with Crippen molar-refractivity contribution in [2.45, 2.75) is 127 Å². The lowest BCUT2D eigenvalue weighted by Gasteiger charge is -2.43. The third-order valence-electron chi connectivity index (χ3n) is 13.7. The van der Waals surface area contributed by atoms with Crippen LogP contribution >= 0.6 is 0 Å². The van der Waals surface area contributed by atoms with Gasteiger partial charge in [-0.1, -0.05) is 6.07 Å². The molecule has 71 heavy (non-hydrogen) atoms. The second kappa shape index (κ2) is 23.5. The molecule has 2 saturated carbocycles. The number of alkyl halides is 3. The smallest absolute Gasteiger partial charge is 0.370 e. The average molecular weight is 994 g/mol. The summed E-state index contributed by atoms with van der Waals surface area (Å²) in [6.07, 6.45) is 4.80. The molecule has 2 aliphatic carbocycles. The molecule has 4 aliphatic rings. The van der Waals surface area contributed by atoms with Gasteiger partial charge in [0.05, 0.1) is 48.3 Å². The lowest BCUT2D eigenvalue weighted by Crippen LogP contribution is -2.60. The molecule has 4 fully saturated rings. The van der Waals surface area contributed by atoms with Gasteiger partial charge < -0.3 is 51.2 Å². The van der Waals surface area contributed by atoms with Gasteiger partial charge in [-0.2, -0.15) is 13.2 Å². The molecule has 22 heteroatoms. The van der Waals surface area contributed by atoms with Crippen molar-refractivity contribution >= 4 is 52.2 Å². The number of ether oxygens (including phenoxy) is 2. The minimum absolute atomic E-state index is 0.0865. The number of rotatable bonds is 19. The Morgan fingerprint density at radius 1 is 0.831 bits per heavy atom. The summed E-state index contributed by atoms with van der Waals surface area (Å²) in [6.45, 7) is 6.70. The second-order valence-corrected chi connectivity index (χ2v) is 20.0. The molecule has 2 aliphatic heterocycles. The van der Waals surface area contributed by atoms with E-state index in [1.807, 2.05) is 6.07 Å². The van der Waals surface area contributed by atoms with Gasteiger partial charge in [-0.25, -0.2) is 9.97 Å². The lowest BCUT2D eigenvalue weighted by atomic mass is 9.82. The van der Waals surface area contributed by atoms with E-state index in [4.69, 9.17) is 9.47 Å². The zero-order valence-electron chi connectivity index (χ0n) is 40.7. The van der Waals surface area contributed by atoms with E-state index in [9.17, 15) is 41.9 Å². The van der Waals surface area contributed by atoms with Crippen LogP contribution < -0.4 is 31.9 Å². The molecule has 6 atom stereocenters. The van der Waals surface area contributed by atoms with Crippen LogP contribution in [0.3, 0.4) is 0 Å². The SMILES string of the molecule is CN1C(=O)C[C@H](C(=O)NCCOCC(=O)NCCOCC(=O)N[C@H]2CC[C@@H](C(=O)N[C@@H]3C[C@H](NC(C)(C)C)CC[C@@H]3N3CC[C@H](Nc4ncnc5ccc(C(F)(F)F)cc45)C3=O)CC2)[C@H]1c1cccnc1. The second-order valence-electron chi connectivity index (χ2n) is 20.0. The van der Waals surface area contributed by atoms with Gasteiger partial charge in [-0.15, -0.1) is 0 Å². The van der Waals surface area contributed by atoms with Gasteiger partial charge >= 0.3 is 6.18 Å². The Bertz CT molecular complexity index is 2370. The van der Waals surface area contributed by atoms with Crippen LogP contribution in [0.15, 0.2) is 49.1 Å². The predicted octanol–water partition coefficient (Wildman–Crippen LogP) is 3.01. The van der Waals surface area contributed by atoms with Gasteiger partial charge in [0.25, 0.3) is 0 Å². The maximum Gasteiger partial charge on any atom is 0.416 e. The summed E-state index contributed by atoms with van der Waals surface area (Å²) in [5.41, 5.74) is 0.0818. The summed E-state index contributed by atoms with van der Waals surface area (Å²) in [4.78, 5) is 94.0. The Balaban J connectivity index is 0.795. The highest BCUT2D eigenvalue weighted by atomic mass is 19.4. The van der Waals surface area contributed by atoms with Crippen molar-refractivity contribution in [3.05, 3.63) is 60.2 Å². The molecule has 6 amide bonds. The average Bonchev–Trinajstić information content (AvgIpc) is 3.84. The molecule has 7 rings (SSSR count). The number of nitrogens with one attached hydrogen (secondary N) is 6. The van der Waals surface area contributed by atoms with E-state index in [0.29, 0.717) is 57.0 Å². The first kappa shape index (κ1) is 52.8. The predicted molar refractivity (Wildman–Crippen MR) is 254 cm³/mol. The first-order valence-electron chi connectivity index (χ1n) is 24.5. The number of halogens is 3. The maximum atomic E-state index is 14.0. The molecule has 0 bridgehead atoms. The number of amides is 6. The summed E-state index contributed by atoms with van der Waals surface area (Å²) in [5.74, 6) is -2.11. The Morgan fingerprint density at radius 3 is 2.25 bits per heavy atom. The Morgan fingerprint density at radius 2 is 1.55 bits per heavy atom. The number of fused-ring (bicyclic) bond motifs is 1. The third kappa shape index (κ3) is 14.1. The topological polar surface area (TPSA) is 238 Å². The van der Waals surface area contributed by atoms with Crippen LogP contribution in [-0.4, -0.2) is 149 Å². The molecule has 19 nitrogen and oxygen atoms in total. The summed E-state index contributed by atoms with van der Waals surface area (Å²) >= 11 is 0. The Kier molecular flexibility index (Phi) is 17.5. The fourth-order valence-electron chi connectivity index (χ4n) is 10.3. The number of anilines is 1. The third-order valence-corrected chi connectivity index (χ3v) is 13.7. The minimum atomic E-state index is -4.56. The summed E-state index contributed by atoms with van der Waals surface area (Å²) in [7, 11) is 1.67. The first-order chi connectivity index (χ1) is 33.8. The number of carbonyl (C=O) groups is 6. The number of benzene rings is 1. The molecule has 2 saturated heterocycles. The Hall–Kier alpha value is -6.00. The highest BCUT2D eigenvalue weighted by molar-refractivity contribution is 5.93. The molecule has 4 heterocycles. The van der Waals surface area contributed by atoms with Crippen molar-refractivity contribution in [1.29, 1.82) is 0 Å². The number of aromatic nitrogens is 3. The molecule has 0 spiro atoms. The fourth-order valence-corrected chi connectivity index (χ4v) is 10.3. The number of carbonyl (C=O) groups excluding carboxylic acids is 6. The maximum absolute atomic E-state index is 14.0. The molecule has 386 valence electrons. The Labute approximate surface area is 410 Å². The van der Waals surface area contributed by atoms with E-state index < -0.39 is 29.7 Å². The normalized spacial score (nSPS) is 25.0. The number of nitrogens with zero attached hydrogens (tertiary/aromatic N) is 5. The van der Waals surface area contributed by atoms with Crippen LogP contribution in [0, 0.1) is 11.8 Å². The van der Waals surface area contributed by atoms with Crippen LogP contribution in [0.1, 0.15) is 95.7 Å². The monoisotopic (exact) mass is 994 g/mol. The van der Waals surface area contributed by atoms with Crippen LogP contribution in [-0.2, 0) is 44.4 Å². The van der Waals surface area contributed by atoms with E-state index in [-0.39, 0.29) is 128 Å². The molecule has 6 N–H and O–H groups in total. The lowest BCUT2D eigenvalue weighted by molar-refractivity contribution is -0.137. The van der Waals surface area contributed by atoms with E-state index in [0.717, 1.165) is 24.1 Å². The number of pyridine rings is 1. The van der Waals surface area contributed by atoms with Gasteiger partial charge in [0.2, 0.25) is 35.4 Å². The van der Waals surface area contributed by atoms with Crippen molar-refractivity contribution in [1.82, 2.24) is 51.3 Å². The molecule has 3 aromatic rings. The number of hydrogen-bond donors (Lipinski definition) is 6. The molecular formula is C49H66F3N11O8. The molecule has 2 aromatic heterocycles. The van der Waals surface area contributed by atoms with Crippen molar-refractivity contribution in [3.63, 3.8) is 0 Å². The van der Waals surface area contributed by atoms with E-state index in [1.54, 1.807) is 35.3 Å². The number of likely N-dealkylation sites (tertiary alicyclic amines) is 2. The molecule has 0 radical (unpaired) electrons. The van der Waals surface area contributed by atoms with E-state index in [1.165, 1.54) is 12.4 Å². The summed E-state index contributed by atoms with van der Waals surface area (Å²) in [6, 6.07) is 5.03. The van der Waals surface area contributed by atoms with Crippen LogP contribution in [0.4, 0.5) is 19.0 Å². The van der Waals surface area contributed by atoms with E-state index in [2.05, 4.69) is 67.6 Å². The van der Waals surface area contributed by atoms with Crippen LogP contribution in [0.2, 0.25) is 0 Å².